The Hall–Kier alpha value is -0.860. The van der Waals surface area contributed by atoms with E-state index in [1.165, 1.54) is 17.1 Å². The average Bonchev–Trinajstić information content (AvgIpc) is 2.48. The summed E-state index contributed by atoms with van der Waals surface area (Å²) in [5, 5.41) is 0. The van der Waals surface area contributed by atoms with Gasteiger partial charge in [-0.3, -0.25) is 4.90 Å². The lowest BCUT2D eigenvalue weighted by atomic mass is 10.4. The number of quaternary nitrogens is 1. The molecule has 16 heavy (non-hydrogen) atoms. The zero-order chi connectivity index (χ0) is 13.0. The van der Waals surface area contributed by atoms with Gasteiger partial charge in [-0.15, -0.1) is 0 Å². The number of hydrogen-bond acceptors (Lipinski definition) is 3. The second-order valence-corrected chi connectivity index (χ2v) is 4.36. The maximum absolute atomic E-state index is 10.7. The molecule has 0 radical (unpaired) electrons. The van der Waals surface area contributed by atoms with E-state index in [9.17, 15) is 13.2 Å². The van der Waals surface area contributed by atoms with Gasteiger partial charge in [-0.05, 0) is 19.1 Å². The van der Waals surface area contributed by atoms with E-state index in [1.807, 2.05) is 0 Å². The summed E-state index contributed by atoms with van der Waals surface area (Å²) in [6.45, 7) is 5.50. The first-order chi connectivity index (χ1) is 7.09. The van der Waals surface area contributed by atoms with E-state index in [2.05, 4.69) is 32.2 Å². The molecule has 0 aromatic carbocycles. The van der Waals surface area contributed by atoms with Gasteiger partial charge in [0.25, 0.3) is 0 Å². The van der Waals surface area contributed by atoms with Crippen molar-refractivity contribution >= 4 is 10.1 Å². The highest BCUT2D eigenvalue weighted by Gasteiger charge is 2.36. The zero-order valence-corrected chi connectivity index (χ0v) is 9.52. The standard InChI is InChI=1S/C7H11N.CHF3O3S/c1-3-8-6-4-5-7(8)2;2-1(3,4)8(5,6)7/h4-6H,3H2,1-2H3;(H,5,6,7). The lowest BCUT2D eigenvalue weighted by Crippen LogP contribution is -3.03. The van der Waals surface area contributed by atoms with E-state index < -0.39 is 15.6 Å². The molecule has 1 rings (SSSR count). The second kappa shape index (κ2) is 5.46. The third-order valence-electron chi connectivity index (χ3n) is 1.81. The summed E-state index contributed by atoms with van der Waals surface area (Å²) in [5.74, 6) is 0. The van der Waals surface area contributed by atoms with Crippen LogP contribution in [0.3, 0.4) is 0 Å². The maximum Gasteiger partial charge on any atom is 0.485 e. The molecule has 0 spiro atoms. The number of rotatable bonds is 1. The first kappa shape index (κ1) is 15.1. The number of alkyl halides is 3. The minimum Gasteiger partial charge on any atom is -0.741 e. The van der Waals surface area contributed by atoms with Gasteiger partial charge in [-0.25, -0.2) is 8.42 Å². The minimum absolute atomic E-state index is 1.17. The van der Waals surface area contributed by atoms with Crippen molar-refractivity contribution in [3.8, 4) is 0 Å². The molecule has 0 fully saturated rings. The van der Waals surface area contributed by atoms with Crippen molar-refractivity contribution < 1.29 is 31.0 Å². The highest BCUT2D eigenvalue weighted by molar-refractivity contribution is 7.86. The van der Waals surface area contributed by atoms with Crippen LogP contribution in [0.2, 0.25) is 0 Å². The molecule has 1 aliphatic rings. The first-order valence-corrected chi connectivity index (χ1v) is 5.73. The highest BCUT2D eigenvalue weighted by Crippen LogP contribution is 2.20. The quantitative estimate of drug-likeness (QED) is 0.547. The molecule has 1 aliphatic heterocycles. The largest absolute Gasteiger partial charge is 0.741 e. The van der Waals surface area contributed by atoms with Crippen LogP contribution in [0.1, 0.15) is 13.8 Å². The molecular weight excluding hydrogens is 247 g/mol. The number of hydrogen-bond donors (Lipinski definition) is 1. The highest BCUT2D eigenvalue weighted by atomic mass is 32.2. The van der Waals surface area contributed by atoms with Crippen molar-refractivity contribution in [1.82, 2.24) is 0 Å². The van der Waals surface area contributed by atoms with Gasteiger partial charge < -0.3 is 4.55 Å². The summed E-state index contributed by atoms with van der Waals surface area (Å²) in [6, 6.07) is 0. The molecule has 0 aliphatic carbocycles. The van der Waals surface area contributed by atoms with Crippen LogP contribution in [0.4, 0.5) is 13.2 Å². The van der Waals surface area contributed by atoms with Crippen molar-refractivity contribution in [2.45, 2.75) is 19.4 Å². The molecule has 1 N–H and O–H groups in total. The number of nitrogens with one attached hydrogen (secondary N) is 1. The smallest absolute Gasteiger partial charge is 0.485 e. The minimum atomic E-state index is -6.09. The summed E-state index contributed by atoms with van der Waals surface area (Å²) < 4.78 is 58.9. The topological polar surface area (TPSA) is 61.6 Å². The molecule has 1 unspecified atom stereocenters. The Morgan fingerprint density at radius 2 is 1.88 bits per heavy atom. The Bertz CT molecular complexity index is 384. The van der Waals surface area contributed by atoms with Crippen LogP contribution in [0.25, 0.3) is 0 Å². The third-order valence-corrected chi connectivity index (χ3v) is 2.38. The normalized spacial score (nSPS) is 20.1. The van der Waals surface area contributed by atoms with Gasteiger partial charge in [0.2, 0.25) is 0 Å². The summed E-state index contributed by atoms with van der Waals surface area (Å²) in [4.78, 5) is 1.48. The van der Waals surface area contributed by atoms with Crippen molar-refractivity contribution in [2.24, 2.45) is 0 Å². The van der Waals surface area contributed by atoms with Crippen molar-refractivity contribution in [2.75, 3.05) is 6.54 Å². The molecule has 0 bridgehead atoms. The molecule has 0 saturated carbocycles. The van der Waals surface area contributed by atoms with Gasteiger partial charge >= 0.3 is 5.51 Å². The van der Waals surface area contributed by atoms with E-state index >= 15 is 0 Å². The van der Waals surface area contributed by atoms with Gasteiger partial charge in [0.15, 0.2) is 10.1 Å². The lowest BCUT2D eigenvalue weighted by Gasteiger charge is -2.08. The predicted octanol–water partition coefficient (Wildman–Crippen LogP) is 0.374. The predicted molar refractivity (Wildman–Crippen MR) is 50.2 cm³/mol. The van der Waals surface area contributed by atoms with Crippen LogP contribution in [-0.4, -0.2) is 25.0 Å². The molecule has 1 atom stereocenters. The number of halogens is 3. The van der Waals surface area contributed by atoms with Crippen LogP contribution in [0.5, 0.6) is 0 Å². The molecule has 0 aromatic heterocycles. The Morgan fingerprint density at radius 3 is 2.00 bits per heavy atom. The van der Waals surface area contributed by atoms with E-state index in [4.69, 9.17) is 13.0 Å². The van der Waals surface area contributed by atoms with E-state index in [1.54, 1.807) is 0 Å². The molecule has 8 heteroatoms. The van der Waals surface area contributed by atoms with Crippen LogP contribution >= 0.6 is 0 Å². The van der Waals surface area contributed by atoms with Gasteiger partial charge in [0.05, 0.1) is 12.7 Å². The fraction of sp³-hybridized carbons (Fsp3) is 0.500. The molecular formula is C8H12F3NO3S. The first-order valence-electron chi connectivity index (χ1n) is 4.33. The van der Waals surface area contributed by atoms with Crippen LogP contribution in [-0.2, 0) is 10.1 Å². The zero-order valence-electron chi connectivity index (χ0n) is 8.71. The Morgan fingerprint density at radius 1 is 1.44 bits per heavy atom. The van der Waals surface area contributed by atoms with E-state index in [0.29, 0.717) is 0 Å². The van der Waals surface area contributed by atoms with Crippen molar-refractivity contribution in [3.63, 3.8) is 0 Å². The molecule has 0 amide bonds. The molecule has 94 valence electrons. The number of allylic oxidation sites excluding steroid dienone is 3. The van der Waals surface area contributed by atoms with Crippen LogP contribution in [0, 0.1) is 0 Å². The molecule has 0 aromatic rings. The van der Waals surface area contributed by atoms with E-state index in [-0.39, 0.29) is 0 Å². The van der Waals surface area contributed by atoms with Gasteiger partial charge in [0, 0.05) is 6.92 Å². The van der Waals surface area contributed by atoms with Gasteiger partial charge in [-0.1, -0.05) is 0 Å². The summed E-state index contributed by atoms with van der Waals surface area (Å²) in [5.41, 5.74) is -4.22. The van der Waals surface area contributed by atoms with Crippen LogP contribution in [0.15, 0.2) is 24.0 Å². The summed E-state index contributed by atoms with van der Waals surface area (Å²) in [7, 11) is -6.09. The fourth-order valence-corrected chi connectivity index (χ4v) is 0.944. The fourth-order valence-electron chi connectivity index (χ4n) is 0.944. The Balaban J connectivity index is 0.000000281. The maximum atomic E-state index is 10.7. The summed E-state index contributed by atoms with van der Waals surface area (Å²) >= 11 is 0. The Labute approximate surface area is 91.8 Å². The monoisotopic (exact) mass is 259 g/mol. The van der Waals surface area contributed by atoms with Gasteiger partial charge in [0.1, 0.15) is 5.70 Å². The third kappa shape index (κ3) is 4.77. The van der Waals surface area contributed by atoms with E-state index in [0.717, 1.165) is 0 Å². The molecule has 0 saturated heterocycles. The molecule has 1 heterocycles. The second-order valence-electron chi connectivity index (χ2n) is 2.99. The van der Waals surface area contributed by atoms with Gasteiger partial charge in [-0.2, -0.15) is 13.2 Å². The lowest BCUT2D eigenvalue weighted by molar-refractivity contribution is -0.799. The Kier molecular flexibility index (Phi) is 5.17. The van der Waals surface area contributed by atoms with Crippen molar-refractivity contribution in [1.29, 1.82) is 0 Å². The molecule has 4 nitrogen and oxygen atoms in total. The summed E-state index contributed by atoms with van der Waals surface area (Å²) in [6.07, 6.45) is 6.43. The SMILES string of the molecule is CC[NH+]1C=CC=C1C.O=S(=O)([O-])C(F)(F)F. The average molecular weight is 259 g/mol. The van der Waals surface area contributed by atoms with Crippen molar-refractivity contribution in [3.05, 3.63) is 24.0 Å². The van der Waals surface area contributed by atoms with Crippen LogP contribution < -0.4 is 4.90 Å².